The van der Waals surface area contributed by atoms with Gasteiger partial charge in [0.2, 0.25) is 17.8 Å². The molecule has 1 fully saturated rings. The molecule has 2 aromatic rings. The molecule has 0 radical (unpaired) electrons. The fourth-order valence-corrected chi connectivity index (χ4v) is 3.50. The van der Waals surface area contributed by atoms with Gasteiger partial charge in [0.1, 0.15) is 17.5 Å². The zero-order valence-electron chi connectivity index (χ0n) is 17.2. The second-order valence-corrected chi connectivity index (χ2v) is 8.03. The number of hydrogen-bond donors (Lipinski definition) is 4. The van der Waals surface area contributed by atoms with Gasteiger partial charge in [0, 0.05) is 30.3 Å². The number of pyridine rings is 1. The molecule has 0 unspecified atom stereocenters. The number of nitrogens with zero attached hydrogens (tertiary/aromatic N) is 4. The van der Waals surface area contributed by atoms with Gasteiger partial charge in [0.25, 0.3) is 0 Å². The maximum atomic E-state index is 13.4. The summed E-state index contributed by atoms with van der Waals surface area (Å²) in [5.74, 6) is 0.325. The van der Waals surface area contributed by atoms with Crippen molar-refractivity contribution in [3.05, 3.63) is 40.8 Å². The highest BCUT2D eigenvalue weighted by molar-refractivity contribution is 5.54. The number of halogens is 3. The largest absolute Gasteiger partial charge is 0.417 e. The molecule has 0 amide bonds. The van der Waals surface area contributed by atoms with E-state index >= 15 is 0 Å². The van der Waals surface area contributed by atoms with E-state index in [2.05, 4.69) is 20.6 Å². The van der Waals surface area contributed by atoms with Gasteiger partial charge >= 0.3 is 6.18 Å². The Morgan fingerprint density at radius 1 is 1.35 bits per heavy atom. The van der Waals surface area contributed by atoms with Gasteiger partial charge in [0.15, 0.2) is 0 Å². The van der Waals surface area contributed by atoms with Gasteiger partial charge in [0.05, 0.1) is 22.9 Å². The second-order valence-electron chi connectivity index (χ2n) is 8.03. The van der Waals surface area contributed by atoms with E-state index < -0.39 is 17.3 Å². The number of rotatable bonds is 5. The first-order valence-corrected chi connectivity index (χ1v) is 9.80. The highest BCUT2D eigenvalue weighted by Gasteiger charge is 2.36. The first-order chi connectivity index (χ1) is 14.5. The summed E-state index contributed by atoms with van der Waals surface area (Å²) in [4.78, 5) is 8.25. The van der Waals surface area contributed by atoms with Gasteiger partial charge in [-0.25, -0.2) is 4.98 Å². The van der Waals surface area contributed by atoms with Crippen molar-refractivity contribution in [1.29, 1.82) is 5.26 Å². The minimum absolute atomic E-state index is 0.0114. The number of anilines is 2. The summed E-state index contributed by atoms with van der Waals surface area (Å²) in [6, 6.07) is 2.87. The number of aliphatic hydroxyl groups is 1. The Morgan fingerprint density at radius 2 is 2.03 bits per heavy atom. The normalized spacial score (nSPS) is 21.4. The number of aryl methyl sites for hydroxylation is 1. The monoisotopic (exact) mass is 437 g/mol. The van der Waals surface area contributed by atoms with Gasteiger partial charge in [-0.1, -0.05) is 0 Å². The average Bonchev–Trinajstić information content (AvgIpc) is 2.69. The van der Waals surface area contributed by atoms with Crippen molar-refractivity contribution in [2.24, 2.45) is 0 Å². The lowest BCUT2D eigenvalue weighted by molar-refractivity contribution is -0.909. The molecule has 0 saturated heterocycles. The summed E-state index contributed by atoms with van der Waals surface area (Å²) in [7, 11) is 0. The van der Waals surface area contributed by atoms with Crippen molar-refractivity contribution in [1.82, 2.24) is 9.97 Å². The Morgan fingerprint density at radius 3 is 2.65 bits per heavy atom. The van der Waals surface area contributed by atoms with E-state index in [-0.39, 0.29) is 41.2 Å². The highest BCUT2D eigenvalue weighted by atomic mass is 19.4. The van der Waals surface area contributed by atoms with Gasteiger partial charge in [-0.05, 0) is 32.6 Å². The number of nitriles is 1. The van der Waals surface area contributed by atoms with Crippen LogP contribution < -0.4 is 15.4 Å². The maximum absolute atomic E-state index is 13.4. The smallest absolute Gasteiger partial charge is 0.390 e. The molecule has 0 spiro atoms. The summed E-state index contributed by atoms with van der Waals surface area (Å²) in [6.45, 7) is 2.86. The van der Waals surface area contributed by atoms with E-state index in [1.807, 2.05) is 6.07 Å². The number of hydrogen-bond acceptors (Lipinski definition) is 7. The van der Waals surface area contributed by atoms with Gasteiger partial charge in [-0.15, -0.1) is 0 Å². The second kappa shape index (κ2) is 8.55. The van der Waals surface area contributed by atoms with E-state index in [0.29, 0.717) is 30.4 Å². The van der Waals surface area contributed by atoms with Crippen LogP contribution in [0, 0.1) is 18.3 Å². The van der Waals surface area contributed by atoms with Crippen LogP contribution in [-0.2, 0) is 12.7 Å². The van der Waals surface area contributed by atoms with Crippen molar-refractivity contribution in [3.63, 3.8) is 0 Å². The molecule has 0 aromatic carbocycles. The predicted molar refractivity (Wildman–Crippen MR) is 104 cm³/mol. The summed E-state index contributed by atoms with van der Waals surface area (Å²) in [5.41, 5.74) is -1.50. The zero-order chi connectivity index (χ0) is 22.8. The minimum Gasteiger partial charge on any atom is -0.390 e. The third-order valence-electron chi connectivity index (χ3n) is 5.39. The molecule has 8 nitrogen and oxygen atoms in total. The first kappa shape index (κ1) is 22.6. The summed E-state index contributed by atoms with van der Waals surface area (Å²) in [5, 5.41) is 35.1. The third kappa shape index (κ3) is 5.52. The standard InChI is InChI=1S/C20H24F3N6O2/c1-12-7-16(20(21,22)23)14(11-29(12)31)10-26-18-25-9-13(8-24)17(28-18)27-15-3-5-19(2,30)6-4-15/h7,9,11,15,30-31H,3-6,10H2,1-2H3,(H2,25,26,27,28)/q+1/t15-,19+. The molecule has 0 aliphatic heterocycles. The SMILES string of the molecule is Cc1cc(C(F)(F)F)c(CNc2ncc(C#N)c(N[C@H]3CC[C@@](C)(O)CC3)n2)c[n+]1O. The average molecular weight is 437 g/mol. The highest BCUT2D eigenvalue weighted by Crippen LogP contribution is 2.32. The zero-order valence-corrected chi connectivity index (χ0v) is 17.2. The van der Waals surface area contributed by atoms with Crippen molar-refractivity contribution in [2.75, 3.05) is 10.6 Å². The number of alkyl halides is 3. The first-order valence-electron chi connectivity index (χ1n) is 9.80. The van der Waals surface area contributed by atoms with Crippen LogP contribution in [0.4, 0.5) is 24.9 Å². The van der Waals surface area contributed by atoms with Crippen LogP contribution in [0.3, 0.4) is 0 Å². The van der Waals surface area contributed by atoms with Crippen molar-refractivity contribution < 1.29 is 28.2 Å². The van der Waals surface area contributed by atoms with Crippen LogP contribution in [0.25, 0.3) is 0 Å². The van der Waals surface area contributed by atoms with Gasteiger partial charge in [-0.2, -0.15) is 23.4 Å². The number of nitrogens with one attached hydrogen (secondary N) is 2. The topological polar surface area (TPSA) is 118 Å². The van der Waals surface area contributed by atoms with E-state index in [0.717, 1.165) is 12.3 Å². The van der Waals surface area contributed by atoms with Crippen LogP contribution in [0.15, 0.2) is 18.5 Å². The molecule has 2 heterocycles. The summed E-state index contributed by atoms with van der Waals surface area (Å²) < 4.78 is 40.7. The fraction of sp³-hybridized carbons (Fsp3) is 0.500. The molecule has 4 N–H and O–H groups in total. The van der Waals surface area contributed by atoms with Crippen LogP contribution in [-0.4, -0.2) is 31.9 Å². The molecule has 11 heteroatoms. The van der Waals surface area contributed by atoms with Crippen LogP contribution in [0.2, 0.25) is 0 Å². The molecule has 1 aliphatic carbocycles. The molecule has 166 valence electrons. The fourth-order valence-electron chi connectivity index (χ4n) is 3.50. The van der Waals surface area contributed by atoms with Gasteiger partial charge < -0.3 is 15.7 Å². The van der Waals surface area contributed by atoms with E-state index in [4.69, 9.17) is 0 Å². The van der Waals surface area contributed by atoms with Crippen LogP contribution >= 0.6 is 0 Å². The summed E-state index contributed by atoms with van der Waals surface area (Å²) in [6.07, 6.45) is 0.301. The number of aromatic nitrogens is 3. The van der Waals surface area contributed by atoms with E-state index in [1.54, 1.807) is 6.92 Å². The lowest BCUT2D eigenvalue weighted by Crippen LogP contribution is -2.36. The Bertz CT molecular complexity index is 994. The lowest BCUT2D eigenvalue weighted by atomic mass is 9.83. The Labute approximate surface area is 177 Å². The molecule has 1 aliphatic rings. The maximum Gasteiger partial charge on any atom is 0.417 e. The molecular formula is C20H24F3N6O2+. The molecule has 1 saturated carbocycles. The molecule has 31 heavy (non-hydrogen) atoms. The molecule has 3 rings (SSSR count). The minimum atomic E-state index is -4.59. The van der Waals surface area contributed by atoms with Crippen molar-refractivity contribution >= 4 is 11.8 Å². The molecular weight excluding hydrogens is 413 g/mol. The molecule has 2 aromatic heterocycles. The predicted octanol–water partition coefficient (Wildman–Crippen LogP) is 2.92. The van der Waals surface area contributed by atoms with E-state index in [9.17, 15) is 28.7 Å². The Balaban J connectivity index is 1.77. The quantitative estimate of drug-likeness (QED) is 0.420. The van der Waals surface area contributed by atoms with Crippen molar-refractivity contribution in [3.8, 4) is 6.07 Å². The Kier molecular flexibility index (Phi) is 6.22. The van der Waals surface area contributed by atoms with Crippen LogP contribution in [0.5, 0.6) is 0 Å². The van der Waals surface area contributed by atoms with Crippen LogP contribution in [0.1, 0.15) is 55.0 Å². The van der Waals surface area contributed by atoms with Gasteiger partial charge in [-0.3, -0.25) is 5.21 Å². The Hall–Kier alpha value is -3.13. The third-order valence-corrected chi connectivity index (χ3v) is 5.39. The molecule has 0 bridgehead atoms. The lowest BCUT2D eigenvalue weighted by Gasteiger charge is -2.33. The van der Waals surface area contributed by atoms with E-state index in [1.165, 1.54) is 13.1 Å². The molecule has 0 atom stereocenters. The van der Waals surface area contributed by atoms with Crippen molar-refractivity contribution in [2.45, 2.75) is 63.9 Å². The summed E-state index contributed by atoms with van der Waals surface area (Å²) >= 11 is 0.